The van der Waals surface area contributed by atoms with Gasteiger partial charge in [-0.25, -0.2) is 18.6 Å². The average Bonchev–Trinajstić information content (AvgIpc) is 2.35. The second-order valence-corrected chi connectivity index (χ2v) is 2.92. The van der Waals surface area contributed by atoms with Gasteiger partial charge in [0.1, 0.15) is 5.75 Å². The van der Waals surface area contributed by atoms with Crippen molar-refractivity contribution >= 4 is 5.97 Å². The molecule has 1 unspecified atom stereocenters. The molecule has 18 heavy (non-hydrogen) atoms. The van der Waals surface area contributed by atoms with E-state index in [2.05, 4.69) is 14.5 Å². The fourth-order valence-electron chi connectivity index (χ4n) is 1.02. The van der Waals surface area contributed by atoms with Gasteiger partial charge in [-0.2, -0.15) is 0 Å². The van der Waals surface area contributed by atoms with Crippen LogP contribution in [0, 0.1) is 0 Å². The Balaban J connectivity index is 0.00000289. The molecule has 0 radical (unpaired) electrons. The molecule has 0 saturated heterocycles. The van der Waals surface area contributed by atoms with E-state index in [1.54, 1.807) is 0 Å². The van der Waals surface area contributed by atoms with Crippen molar-refractivity contribution < 1.29 is 27.8 Å². The first kappa shape index (κ1) is 16.2. The third kappa shape index (κ3) is 4.22. The van der Waals surface area contributed by atoms with Gasteiger partial charge in [0.2, 0.25) is 0 Å². The smallest absolute Gasteiger partial charge is 0.359 e. The van der Waals surface area contributed by atoms with E-state index in [4.69, 9.17) is 4.74 Å². The topological polar surface area (TPSA) is 92.7 Å². The molecule has 0 aliphatic heterocycles. The Labute approximate surface area is 102 Å². The number of hydrogen-bond acceptors (Lipinski definition) is 6. The van der Waals surface area contributed by atoms with E-state index < -0.39 is 18.7 Å². The van der Waals surface area contributed by atoms with Crippen molar-refractivity contribution in [2.24, 2.45) is 0 Å². The van der Waals surface area contributed by atoms with E-state index in [0.717, 1.165) is 7.11 Å². The highest BCUT2D eigenvalue weighted by Gasteiger charge is 2.25. The summed E-state index contributed by atoms with van der Waals surface area (Å²) in [5.41, 5.74) is -0.132. The van der Waals surface area contributed by atoms with Crippen LogP contribution in [0.15, 0.2) is 18.3 Å². The van der Waals surface area contributed by atoms with Gasteiger partial charge in [-0.1, -0.05) is 0 Å². The predicted octanol–water partition coefficient (Wildman–Crippen LogP) is 1.65. The summed E-state index contributed by atoms with van der Waals surface area (Å²) in [6.07, 6.45) is -3.52. The van der Waals surface area contributed by atoms with E-state index in [1.165, 1.54) is 25.4 Å². The molecule has 0 spiro atoms. The molecule has 1 aromatic rings. The summed E-state index contributed by atoms with van der Waals surface area (Å²) < 4.78 is 38.1. The number of carbonyl (C=O) groups excluding carboxylic acids is 1. The number of rotatable bonds is 5. The molecular weight excluding hydrogens is 250 g/mol. The summed E-state index contributed by atoms with van der Waals surface area (Å²) in [4.78, 5) is 15.1. The van der Waals surface area contributed by atoms with Crippen LogP contribution in [0.5, 0.6) is 5.75 Å². The van der Waals surface area contributed by atoms with Crippen molar-refractivity contribution in [3.63, 3.8) is 0 Å². The maximum Gasteiger partial charge on any atom is 0.359 e. The summed E-state index contributed by atoms with van der Waals surface area (Å²) >= 11 is 0. The highest BCUT2D eigenvalue weighted by atomic mass is 19.3. The minimum Gasteiger partial charge on any atom is -0.497 e. The fraction of sp³-hybridized carbons (Fsp3) is 0.400. The molecule has 1 atom stereocenters. The molecule has 0 amide bonds. The molecule has 6 nitrogen and oxygen atoms in total. The van der Waals surface area contributed by atoms with Crippen LogP contribution < -0.4 is 10.9 Å². The van der Waals surface area contributed by atoms with Crippen LogP contribution in [-0.4, -0.2) is 37.9 Å². The summed E-state index contributed by atoms with van der Waals surface area (Å²) in [6, 6.07) is 2.79. The van der Waals surface area contributed by atoms with Crippen molar-refractivity contribution in [3.8, 4) is 5.75 Å². The van der Waals surface area contributed by atoms with Crippen LogP contribution in [0.2, 0.25) is 0 Å². The van der Waals surface area contributed by atoms with E-state index in [-0.39, 0.29) is 11.8 Å². The predicted molar refractivity (Wildman–Crippen MR) is 58.0 cm³/mol. The lowest BCUT2D eigenvalue weighted by Gasteiger charge is -2.14. The van der Waals surface area contributed by atoms with Crippen molar-refractivity contribution in [2.45, 2.75) is 12.7 Å². The normalized spacial score (nSPS) is 11.6. The Kier molecular flexibility index (Phi) is 6.76. The number of esters is 1. The summed E-state index contributed by atoms with van der Waals surface area (Å²) in [5, 5.41) is 0. The highest BCUT2D eigenvalue weighted by Crippen LogP contribution is 2.13. The Morgan fingerprint density at radius 2 is 2.06 bits per heavy atom. The first-order valence-electron chi connectivity index (χ1n) is 4.60. The Morgan fingerprint density at radius 1 is 1.39 bits per heavy atom. The number of aromatic nitrogens is 1. The van der Waals surface area contributed by atoms with Crippen molar-refractivity contribution in [2.75, 3.05) is 14.2 Å². The Morgan fingerprint density at radius 3 is 2.56 bits per heavy atom. The largest absolute Gasteiger partial charge is 0.497 e. The number of methoxy groups -OCH3 is 2. The maximum absolute atomic E-state index is 12.3. The average molecular weight is 264 g/mol. The number of ether oxygens (including phenoxy) is 3. The lowest BCUT2D eigenvalue weighted by atomic mass is 10.3. The van der Waals surface area contributed by atoms with E-state index in [0.29, 0.717) is 5.75 Å². The third-order valence-electron chi connectivity index (χ3n) is 1.84. The molecule has 0 fully saturated rings. The summed E-state index contributed by atoms with van der Waals surface area (Å²) in [7, 11) is 2.42. The first-order valence-corrected chi connectivity index (χ1v) is 4.60. The van der Waals surface area contributed by atoms with Crippen LogP contribution in [0.3, 0.4) is 0 Å². The Hall–Kier alpha value is -1.80. The van der Waals surface area contributed by atoms with Gasteiger partial charge in [-0.3, -0.25) is 0 Å². The van der Waals surface area contributed by atoms with Crippen molar-refractivity contribution in [1.82, 2.24) is 11.1 Å². The van der Waals surface area contributed by atoms with Gasteiger partial charge in [0.15, 0.2) is 5.69 Å². The van der Waals surface area contributed by atoms with Crippen molar-refractivity contribution in [3.05, 3.63) is 24.0 Å². The lowest BCUT2D eigenvalue weighted by Crippen LogP contribution is -2.27. The fourth-order valence-corrected chi connectivity index (χ4v) is 1.02. The second kappa shape index (κ2) is 7.51. The summed E-state index contributed by atoms with van der Waals surface area (Å²) in [6.45, 7) is 0. The molecule has 0 aromatic carbocycles. The van der Waals surface area contributed by atoms with Gasteiger partial charge >= 0.3 is 5.97 Å². The number of halogens is 2. The number of carbonyl (C=O) groups is 1. The first-order chi connectivity index (χ1) is 8.08. The van der Waals surface area contributed by atoms with Crippen LogP contribution >= 0.6 is 0 Å². The standard InChI is InChI=1S/C10H11F2NO4.H3N/c1-15-6-3-4-13-7(5-6)9(14)17-10(16-2)8(11)12;/h3-5,8,10H,1-2H3;1H3. The van der Waals surface area contributed by atoms with Gasteiger partial charge in [0, 0.05) is 19.4 Å². The van der Waals surface area contributed by atoms with Gasteiger partial charge in [-0.05, 0) is 6.07 Å². The minimum atomic E-state index is -2.92. The van der Waals surface area contributed by atoms with Gasteiger partial charge < -0.3 is 20.4 Å². The van der Waals surface area contributed by atoms with E-state index in [1.807, 2.05) is 0 Å². The minimum absolute atomic E-state index is 0. The number of hydrogen-bond donors (Lipinski definition) is 1. The molecule has 1 aromatic heterocycles. The molecule has 8 heteroatoms. The van der Waals surface area contributed by atoms with Crippen molar-refractivity contribution in [1.29, 1.82) is 0 Å². The van der Waals surface area contributed by atoms with E-state index in [9.17, 15) is 13.6 Å². The summed E-state index contributed by atoms with van der Waals surface area (Å²) in [5.74, 6) is -0.631. The molecule has 1 rings (SSSR count). The molecular formula is C10H14F2N2O4. The zero-order valence-corrected chi connectivity index (χ0v) is 9.93. The molecule has 0 aliphatic carbocycles. The highest BCUT2D eigenvalue weighted by molar-refractivity contribution is 5.87. The molecule has 0 aliphatic rings. The molecule has 0 saturated carbocycles. The van der Waals surface area contributed by atoms with Gasteiger partial charge in [-0.15, -0.1) is 0 Å². The monoisotopic (exact) mass is 264 g/mol. The third-order valence-corrected chi connectivity index (χ3v) is 1.84. The molecule has 3 N–H and O–H groups in total. The zero-order chi connectivity index (χ0) is 12.8. The van der Waals surface area contributed by atoms with Gasteiger partial charge in [0.25, 0.3) is 12.7 Å². The van der Waals surface area contributed by atoms with Crippen LogP contribution in [-0.2, 0) is 9.47 Å². The lowest BCUT2D eigenvalue weighted by molar-refractivity contribution is -0.163. The zero-order valence-electron chi connectivity index (χ0n) is 9.93. The second-order valence-electron chi connectivity index (χ2n) is 2.92. The van der Waals surface area contributed by atoms with Crippen LogP contribution in [0.25, 0.3) is 0 Å². The number of alkyl halides is 2. The number of pyridine rings is 1. The maximum atomic E-state index is 12.3. The number of nitrogens with zero attached hydrogens (tertiary/aromatic N) is 1. The molecule has 0 bridgehead atoms. The SMILES string of the molecule is COc1ccnc(C(=O)OC(OC)C(F)F)c1.N. The van der Waals surface area contributed by atoms with Crippen LogP contribution in [0.4, 0.5) is 8.78 Å². The molecule has 1 heterocycles. The van der Waals surface area contributed by atoms with E-state index >= 15 is 0 Å². The van der Waals surface area contributed by atoms with Gasteiger partial charge in [0.05, 0.1) is 7.11 Å². The Bertz CT molecular complexity index is 390. The van der Waals surface area contributed by atoms with Crippen LogP contribution in [0.1, 0.15) is 10.5 Å². The molecule has 102 valence electrons. The quantitative estimate of drug-likeness (QED) is 0.642.